The minimum atomic E-state index is -0.558. The Morgan fingerprint density at radius 1 is 1.44 bits per heavy atom. The minimum Gasteiger partial charge on any atom is -0.354 e. The van der Waals surface area contributed by atoms with E-state index in [9.17, 15) is 9.18 Å². The van der Waals surface area contributed by atoms with Gasteiger partial charge in [-0.1, -0.05) is 12.1 Å². The number of aryl methyl sites for hydroxylation is 1. The van der Waals surface area contributed by atoms with Crippen LogP contribution in [-0.2, 0) is 11.2 Å². The smallest absolute Gasteiger partial charge is 0.245 e. The quantitative estimate of drug-likeness (QED) is 0.816. The third kappa shape index (κ3) is 4.60. The summed E-state index contributed by atoms with van der Waals surface area (Å²) in [4.78, 5) is 12.8. The summed E-state index contributed by atoms with van der Waals surface area (Å²) in [6, 6.07) is 5.59. The highest BCUT2D eigenvalue weighted by molar-refractivity contribution is 5.80. The third-order valence-corrected chi connectivity index (χ3v) is 4.56. The zero-order chi connectivity index (χ0) is 17.6. The molecule has 2 unspecified atom stereocenters. The maximum absolute atomic E-state index is 13.1. The van der Waals surface area contributed by atoms with Crippen molar-refractivity contribution in [1.29, 1.82) is 0 Å². The fraction of sp³-hybridized carbons (Fsp3) is 0.529. The Labute approximate surface area is 146 Å². The highest BCUT2D eigenvalue weighted by atomic mass is 19.1. The van der Waals surface area contributed by atoms with Crippen molar-refractivity contribution in [3.05, 3.63) is 41.5 Å². The lowest BCUT2D eigenvalue weighted by molar-refractivity contribution is -0.124. The molecule has 0 spiro atoms. The van der Waals surface area contributed by atoms with Crippen LogP contribution in [0.15, 0.2) is 24.3 Å². The number of carbonyl (C=O) groups excluding carboxylic acids is 1. The Bertz CT molecular complexity index is 695. The number of halogens is 1. The standard InChI is InChI=1S/C17H23FN6O/c1-12-21-22-23-24(12)16(9-13-4-6-15(18)7-5-13)17(25)20-11-14-3-2-8-19-10-14/h4-7,14,16,19H,2-3,8-11H2,1H3,(H,20,25). The number of amides is 1. The zero-order valence-electron chi connectivity index (χ0n) is 14.3. The van der Waals surface area contributed by atoms with E-state index < -0.39 is 6.04 Å². The Kier molecular flexibility index (Phi) is 5.70. The molecule has 2 heterocycles. The van der Waals surface area contributed by atoms with Crippen molar-refractivity contribution in [3.63, 3.8) is 0 Å². The monoisotopic (exact) mass is 346 g/mol. The summed E-state index contributed by atoms with van der Waals surface area (Å²) >= 11 is 0. The molecule has 7 nitrogen and oxygen atoms in total. The first-order valence-corrected chi connectivity index (χ1v) is 8.61. The van der Waals surface area contributed by atoms with Crippen molar-refractivity contribution < 1.29 is 9.18 Å². The predicted octanol–water partition coefficient (Wildman–Crippen LogP) is 1.02. The maximum atomic E-state index is 13.1. The van der Waals surface area contributed by atoms with Gasteiger partial charge in [0, 0.05) is 13.0 Å². The number of hydrogen-bond acceptors (Lipinski definition) is 5. The first-order valence-electron chi connectivity index (χ1n) is 8.61. The Hall–Kier alpha value is -2.35. The molecule has 0 aliphatic carbocycles. The Morgan fingerprint density at radius 3 is 2.88 bits per heavy atom. The molecule has 1 aromatic heterocycles. The number of piperidine rings is 1. The molecule has 1 fully saturated rings. The number of rotatable bonds is 6. The topological polar surface area (TPSA) is 84.7 Å². The number of benzene rings is 1. The zero-order valence-corrected chi connectivity index (χ0v) is 14.3. The first-order chi connectivity index (χ1) is 12.1. The minimum absolute atomic E-state index is 0.120. The van der Waals surface area contributed by atoms with E-state index in [0.29, 0.717) is 24.7 Å². The van der Waals surface area contributed by atoms with Crippen molar-refractivity contribution in [1.82, 2.24) is 30.8 Å². The number of nitrogens with one attached hydrogen (secondary N) is 2. The van der Waals surface area contributed by atoms with Crippen LogP contribution in [0.3, 0.4) is 0 Å². The normalized spacial score (nSPS) is 18.7. The van der Waals surface area contributed by atoms with Gasteiger partial charge >= 0.3 is 0 Å². The van der Waals surface area contributed by atoms with Gasteiger partial charge in [0.15, 0.2) is 0 Å². The van der Waals surface area contributed by atoms with Gasteiger partial charge < -0.3 is 10.6 Å². The fourth-order valence-electron chi connectivity index (χ4n) is 3.12. The molecule has 1 amide bonds. The maximum Gasteiger partial charge on any atom is 0.245 e. The summed E-state index contributed by atoms with van der Waals surface area (Å²) in [5, 5.41) is 17.9. The van der Waals surface area contributed by atoms with Gasteiger partial charge in [-0.25, -0.2) is 9.07 Å². The Balaban J connectivity index is 1.70. The summed E-state index contributed by atoms with van der Waals surface area (Å²) in [5.41, 5.74) is 0.857. The third-order valence-electron chi connectivity index (χ3n) is 4.56. The van der Waals surface area contributed by atoms with Crippen molar-refractivity contribution >= 4 is 5.91 Å². The second kappa shape index (κ2) is 8.15. The van der Waals surface area contributed by atoms with Crippen molar-refractivity contribution in [2.45, 2.75) is 32.2 Å². The molecule has 2 N–H and O–H groups in total. The fourth-order valence-corrected chi connectivity index (χ4v) is 3.12. The van der Waals surface area contributed by atoms with Crippen molar-refractivity contribution in [3.8, 4) is 0 Å². The summed E-state index contributed by atoms with van der Waals surface area (Å²) < 4.78 is 14.6. The second-order valence-corrected chi connectivity index (χ2v) is 6.47. The highest BCUT2D eigenvalue weighted by Crippen LogP contribution is 2.16. The van der Waals surface area contributed by atoms with Crippen molar-refractivity contribution in [2.24, 2.45) is 5.92 Å². The molecule has 134 valence electrons. The molecule has 1 saturated heterocycles. The molecule has 1 aliphatic heterocycles. The lowest BCUT2D eigenvalue weighted by Crippen LogP contribution is -2.41. The molecular formula is C17H23FN6O. The van der Waals surface area contributed by atoms with Crippen LogP contribution in [0.5, 0.6) is 0 Å². The summed E-state index contributed by atoms with van der Waals surface area (Å²) in [6.45, 7) is 4.36. The number of nitrogens with zero attached hydrogens (tertiary/aromatic N) is 4. The molecule has 0 radical (unpaired) electrons. The number of carbonyl (C=O) groups is 1. The van der Waals surface area contributed by atoms with E-state index >= 15 is 0 Å². The van der Waals surface area contributed by atoms with E-state index in [-0.39, 0.29) is 11.7 Å². The second-order valence-electron chi connectivity index (χ2n) is 6.47. The molecule has 25 heavy (non-hydrogen) atoms. The van der Waals surface area contributed by atoms with Gasteiger partial charge in [-0.3, -0.25) is 4.79 Å². The van der Waals surface area contributed by atoms with Crippen LogP contribution in [0.25, 0.3) is 0 Å². The molecule has 0 bridgehead atoms. The largest absolute Gasteiger partial charge is 0.354 e. The average Bonchev–Trinajstić information content (AvgIpc) is 3.06. The average molecular weight is 346 g/mol. The van der Waals surface area contributed by atoms with E-state index in [1.807, 2.05) is 0 Å². The van der Waals surface area contributed by atoms with Crippen LogP contribution in [0.4, 0.5) is 4.39 Å². The van der Waals surface area contributed by atoms with E-state index in [1.165, 1.54) is 16.8 Å². The van der Waals surface area contributed by atoms with E-state index in [2.05, 4.69) is 26.2 Å². The lowest BCUT2D eigenvalue weighted by Gasteiger charge is -2.24. The lowest BCUT2D eigenvalue weighted by atomic mass is 9.99. The van der Waals surface area contributed by atoms with Gasteiger partial charge in [-0.15, -0.1) is 5.10 Å². The molecule has 2 aromatic rings. The van der Waals surface area contributed by atoms with Gasteiger partial charge in [0.2, 0.25) is 5.91 Å². The number of tetrazole rings is 1. The van der Waals surface area contributed by atoms with Crippen LogP contribution >= 0.6 is 0 Å². The van der Waals surface area contributed by atoms with Crippen LogP contribution in [0.2, 0.25) is 0 Å². The first kappa shape index (κ1) is 17.5. The van der Waals surface area contributed by atoms with Gasteiger partial charge in [-0.2, -0.15) is 0 Å². The van der Waals surface area contributed by atoms with Crippen LogP contribution in [-0.4, -0.2) is 45.7 Å². The molecule has 3 rings (SSSR count). The van der Waals surface area contributed by atoms with Crippen LogP contribution in [0.1, 0.15) is 30.3 Å². The molecule has 2 atom stereocenters. The van der Waals surface area contributed by atoms with E-state index in [1.54, 1.807) is 19.1 Å². The van der Waals surface area contributed by atoms with Crippen LogP contribution in [0, 0.1) is 18.7 Å². The number of aromatic nitrogens is 4. The van der Waals surface area contributed by atoms with E-state index in [0.717, 1.165) is 31.5 Å². The number of hydrogen-bond donors (Lipinski definition) is 2. The SMILES string of the molecule is Cc1nnnn1C(Cc1ccc(F)cc1)C(=O)NCC1CCCNC1. The van der Waals surface area contributed by atoms with Crippen LogP contribution < -0.4 is 10.6 Å². The van der Waals surface area contributed by atoms with Gasteiger partial charge in [0.05, 0.1) is 0 Å². The van der Waals surface area contributed by atoms with E-state index in [4.69, 9.17) is 0 Å². The Morgan fingerprint density at radius 2 is 2.24 bits per heavy atom. The molecule has 8 heteroatoms. The molecule has 1 aliphatic rings. The highest BCUT2D eigenvalue weighted by Gasteiger charge is 2.25. The summed E-state index contributed by atoms with van der Waals surface area (Å²) in [5.74, 6) is 0.596. The van der Waals surface area contributed by atoms with Crippen molar-refractivity contribution in [2.75, 3.05) is 19.6 Å². The van der Waals surface area contributed by atoms with Gasteiger partial charge in [0.25, 0.3) is 0 Å². The molecular weight excluding hydrogens is 323 g/mol. The van der Waals surface area contributed by atoms with Gasteiger partial charge in [0.1, 0.15) is 17.7 Å². The molecule has 1 aromatic carbocycles. The molecule has 0 saturated carbocycles. The van der Waals surface area contributed by atoms with Gasteiger partial charge in [-0.05, 0) is 66.9 Å². The summed E-state index contributed by atoms with van der Waals surface area (Å²) in [6.07, 6.45) is 2.65. The summed E-state index contributed by atoms with van der Waals surface area (Å²) in [7, 11) is 0. The predicted molar refractivity (Wildman–Crippen MR) is 90.3 cm³/mol.